The predicted octanol–water partition coefficient (Wildman–Crippen LogP) is 2.10. The molecule has 0 spiro atoms. The first-order valence-electron chi connectivity index (χ1n) is 9.19. The lowest BCUT2D eigenvalue weighted by Gasteiger charge is -2.20. The van der Waals surface area contributed by atoms with Crippen molar-refractivity contribution >= 4 is 18.3 Å². The molecule has 13 heteroatoms. The van der Waals surface area contributed by atoms with E-state index < -0.39 is 36.3 Å². The molecule has 0 radical (unpaired) electrons. The van der Waals surface area contributed by atoms with Crippen LogP contribution in [0, 0.1) is 5.92 Å². The average molecular weight is 437 g/mol. The van der Waals surface area contributed by atoms with Crippen molar-refractivity contribution < 1.29 is 37.4 Å². The number of nitrogens with one attached hydrogen (secondary N) is 2. The van der Waals surface area contributed by atoms with Gasteiger partial charge in [-0.05, 0) is 6.42 Å². The fraction of sp³-hybridized carbons (Fsp3) is 0.647. The molecule has 1 atom stereocenters. The van der Waals surface area contributed by atoms with Gasteiger partial charge < -0.3 is 9.47 Å². The van der Waals surface area contributed by atoms with Gasteiger partial charge in [0, 0.05) is 18.9 Å². The van der Waals surface area contributed by atoms with Crippen molar-refractivity contribution in [1.82, 2.24) is 20.5 Å². The number of anilines is 1. The van der Waals surface area contributed by atoms with E-state index in [-0.39, 0.29) is 25.3 Å². The number of hydrogen-bond donors (Lipinski definition) is 3. The zero-order valence-corrected chi connectivity index (χ0v) is 16.7. The SMILES string of the molecule is CCCCC[C@H](CN(O)C=O)C(=O)NNc1ncc(COCOC)c(C(F)(F)F)n1. The summed E-state index contributed by atoms with van der Waals surface area (Å²) >= 11 is 0. The van der Waals surface area contributed by atoms with E-state index in [0.29, 0.717) is 17.9 Å². The first-order valence-corrected chi connectivity index (χ1v) is 9.19. The fourth-order valence-corrected chi connectivity index (χ4v) is 2.49. The van der Waals surface area contributed by atoms with E-state index in [0.717, 1.165) is 19.0 Å². The van der Waals surface area contributed by atoms with E-state index in [2.05, 4.69) is 25.6 Å². The number of rotatable bonds is 14. The number of aromatic nitrogens is 2. The average Bonchev–Trinajstić information content (AvgIpc) is 2.71. The number of hydrazine groups is 1. The first kappa shape index (κ1) is 25.5. The maximum atomic E-state index is 13.3. The summed E-state index contributed by atoms with van der Waals surface area (Å²) < 4.78 is 49.3. The Labute approximate surface area is 171 Å². The third-order valence-electron chi connectivity index (χ3n) is 3.95. The predicted molar refractivity (Wildman–Crippen MR) is 97.7 cm³/mol. The monoisotopic (exact) mass is 437 g/mol. The number of ether oxygens (including phenoxy) is 2. The molecule has 1 rings (SSSR count). The lowest BCUT2D eigenvalue weighted by molar-refractivity contribution is -0.154. The third kappa shape index (κ3) is 8.88. The largest absolute Gasteiger partial charge is 0.433 e. The summed E-state index contributed by atoms with van der Waals surface area (Å²) in [7, 11) is 1.33. The molecule has 10 nitrogen and oxygen atoms in total. The highest BCUT2D eigenvalue weighted by atomic mass is 19.4. The highest BCUT2D eigenvalue weighted by Crippen LogP contribution is 2.31. The zero-order valence-electron chi connectivity index (χ0n) is 16.7. The number of nitrogens with zero attached hydrogens (tertiary/aromatic N) is 3. The fourth-order valence-electron chi connectivity index (χ4n) is 2.49. The van der Waals surface area contributed by atoms with Gasteiger partial charge in [-0.3, -0.25) is 25.6 Å². The van der Waals surface area contributed by atoms with Gasteiger partial charge in [0.05, 0.1) is 19.1 Å². The van der Waals surface area contributed by atoms with Crippen molar-refractivity contribution in [2.75, 3.05) is 25.9 Å². The Kier molecular flexibility index (Phi) is 11.0. The van der Waals surface area contributed by atoms with Crippen molar-refractivity contribution in [1.29, 1.82) is 0 Å². The van der Waals surface area contributed by atoms with E-state index >= 15 is 0 Å². The molecule has 2 amide bonds. The van der Waals surface area contributed by atoms with Crippen molar-refractivity contribution in [3.05, 3.63) is 17.5 Å². The minimum absolute atomic E-state index is 0.163. The molecular formula is C17H26F3N5O5. The minimum Gasteiger partial charge on any atom is -0.359 e. The molecule has 170 valence electrons. The molecular weight excluding hydrogens is 411 g/mol. The maximum Gasteiger partial charge on any atom is 0.433 e. The summed E-state index contributed by atoms with van der Waals surface area (Å²) in [5, 5.41) is 9.70. The second-order valence-electron chi connectivity index (χ2n) is 6.35. The van der Waals surface area contributed by atoms with Crippen LogP contribution in [0.25, 0.3) is 0 Å². The van der Waals surface area contributed by atoms with Gasteiger partial charge >= 0.3 is 6.18 Å². The minimum atomic E-state index is -4.76. The van der Waals surface area contributed by atoms with E-state index in [9.17, 15) is 28.0 Å². The van der Waals surface area contributed by atoms with Gasteiger partial charge in [0.2, 0.25) is 18.3 Å². The van der Waals surface area contributed by atoms with Gasteiger partial charge in [0.25, 0.3) is 0 Å². The van der Waals surface area contributed by atoms with Crippen molar-refractivity contribution in [3.63, 3.8) is 0 Å². The molecule has 30 heavy (non-hydrogen) atoms. The molecule has 0 aromatic carbocycles. The molecule has 0 saturated heterocycles. The lowest BCUT2D eigenvalue weighted by atomic mass is 10.0. The molecule has 0 aliphatic heterocycles. The maximum absolute atomic E-state index is 13.3. The number of halogens is 3. The number of methoxy groups -OCH3 is 1. The number of carbonyl (C=O) groups is 2. The Morgan fingerprint density at radius 1 is 1.40 bits per heavy atom. The second-order valence-corrected chi connectivity index (χ2v) is 6.35. The van der Waals surface area contributed by atoms with Crippen LogP contribution in [0.3, 0.4) is 0 Å². The Morgan fingerprint density at radius 2 is 2.13 bits per heavy atom. The Hall–Kier alpha value is -2.51. The quantitative estimate of drug-likeness (QED) is 0.133. The van der Waals surface area contributed by atoms with Gasteiger partial charge in [0.15, 0.2) is 5.69 Å². The molecule has 3 N–H and O–H groups in total. The van der Waals surface area contributed by atoms with Crippen LogP contribution in [0.15, 0.2) is 6.20 Å². The third-order valence-corrected chi connectivity index (χ3v) is 3.95. The van der Waals surface area contributed by atoms with Gasteiger partial charge in [-0.1, -0.05) is 26.2 Å². The summed E-state index contributed by atoms with van der Waals surface area (Å²) in [6, 6.07) is 0. The van der Waals surface area contributed by atoms with Crippen LogP contribution in [0.1, 0.15) is 43.9 Å². The van der Waals surface area contributed by atoms with Gasteiger partial charge in [-0.25, -0.2) is 15.0 Å². The van der Waals surface area contributed by atoms with E-state index in [1.54, 1.807) is 0 Å². The Bertz CT molecular complexity index is 678. The standard InChI is InChI=1S/C17H26F3N5O5/c1-3-4-5-6-12(8-25(28)10-26)15(27)23-24-16-21-7-13(9-30-11-29-2)14(22-16)17(18,19)20/h7,10,12,28H,3-6,8-9,11H2,1-2H3,(H,23,27)(H,21,22,24)/t12-/m1/s1. The van der Waals surface area contributed by atoms with Crippen LogP contribution in [-0.2, 0) is 31.8 Å². The molecule has 0 fully saturated rings. The molecule has 0 bridgehead atoms. The number of carbonyl (C=O) groups excluding carboxylic acids is 2. The smallest absolute Gasteiger partial charge is 0.359 e. The topological polar surface area (TPSA) is 126 Å². The molecule has 1 heterocycles. The lowest BCUT2D eigenvalue weighted by Crippen LogP contribution is -2.40. The number of amides is 2. The summed E-state index contributed by atoms with van der Waals surface area (Å²) in [6.07, 6.45) is -0.884. The molecule has 0 saturated carbocycles. The second kappa shape index (κ2) is 12.9. The van der Waals surface area contributed by atoms with Crippen molar-refractivity contribution in [3.8, 4) is 0 Å². The van der Waals surface area contributed by atoms with E-state index in [1.165, 1.54) is 7.11 Å². The number of unbranched alkanes of at least 4 members (excludes halogenated alkanes) is 2. The van der Waals surface area contributed by atoms with Crippen LogP contribution in [0.5, 0.6) is 0 Å². The van der Waals surface area contributed by atoms with Gasteiger partial charge in [-0.2, -0.15) is 13.2 Å². The van der Waals surface area contributed by atoms with Gasteiger partial charge in [-0.15, -0.1) is 0 Å². The Balaban J connectivity index is 2.84. The number of hydrogen-bond acceptors (Lipinski definition) is 8. The normalized spacial score (nSPS) is 12.3. The van der Waals surface area contributed by atoms with E-state index in [1.807, 2.05) is 6.92 Å². The molecule has 0 unspecified atom stereocenters. The summed E-state index contributed by atoms with van der Waals surface area (Å²) in [6.45, 7) is 1.10. The van der Waals surface area contributed by atoms with Crippen molar-refractivity contribution in [2.45, 2.75) is 45.4 Å². The van der Waals surface area contributed by atoms with Crippen molar-refractivity contribution in [2.24, 2.45) is 5.92 Å². The summed E-state index contributed by atoms with van der Waals surface area (Å²) in [5.74, 6) is -1.88. The summed E-state index contributed by atoms with van der Waals surface area (Å²) in [5.41, 5.74) is 2.95. The zero-order chi connectivity index (χ0) is 22.6. The summed E-state index contributed by atoms with van der Waals surface area (Å²) in [4.78, 5) is 30.1. The van der Waals surface area contributed by atoms with Crippen LogP contribution in [-0.4, -0.2) is 53.0 Å². The molecule has 0 aliphatic carbocycles. The molecule has 1 aromatic heterocycles. The Morgan fingerprint density at radius 3 is 2.73 bits per heavy atom. The molecule has 1 aromatic rings. The molecule has 0 aliphatic rings. The van der Waals surface area contributed by atoms with Gasteiger partial charge in [0.1, 0.15) is 6.79 Å². The van der Waals surface area contributed by atoms with Crippen LogP contribution >= 0.6 is 0 Å². The van der Waals surface area contributed by atoms with Crippen LogP contribution < -0.4 is 10.9 Å². The first-order chi connectivity index (χ1) is 14.2. The van der Waals surface area contributed by atoms with Crippen LogP contribution in [0.2, 0.25) is 0 Å². The van der Waals surface area contributed by atoms with Crippen LogP contribution in [0.4, 0.5) is 19.1 Å². The van der Waals surface area contributed by atoms with E-state index in [4.69, 9.17) is 4.74 Å². The highest BCUT2D eigenvalue weighted by molar-refractivity contribution is 5.80. The highest BCUT2D eigenvalue weighted by Gasteiger charge is 2.36. The number of alkyl halides is 3. The number of hydroxylamine groups is 2.